The van der Waals surface area contributed by atoms with E-state index in [4.69, 9.17) is 9.15 Å². The number of hydrogen-bond acceptors (Lipinski definition) is 5. The Kier molecular flexibility index (Phi) is 7.20. The molecule has 0 aliphatic carbocycles. The Labute approximate surface area is 199 Å². The molecule has 4 rings (SSSR count). The van der Waals surface area contributed by atoms with Gasteiger partial charge in [-0.05, 0) is 54.5 Å². The third-order valence-electron chi connectivity index (χ3n) is 6.76. The van der Waals surface area contributed by atoms with Crippen LogP contribution in [0.15, 0.2) is 46.9 Å². The lowest BCUT2D eigenvalue weighted by atomic mass is 9.78. The van der Waals surface area contributed by atoms with Crippen molar-refractivity contribution in [3.8, 4) is 11.5 Å². The molecule has 1 aliphatic rings. The standard InChI is InChI=1S/C27H32N2O5/c1-17(2)24(26(30)31)20-10-13-29(14-11-20)27(32)33-15-12-23-18(3)34-25(28-23)22-9-8-19-6-4-5-7-21(19)16-22/h4-9,16-17,20,24H,10-15H2,1-3H3,(H,30,31). The quantitative estimate of drug-likeness (QED) is 0.493. The van der Waals surface area contributed by atoms with Gasteiger partial charge in [0.2, 0.25) is 5.89 Å². The normalized spacial score (nSPS) is 15.6. The van der Waals surface area contributed by atoms with Crippen molar-refractivity contribution in [2.45, 2.75) is 40.0 Å². The lowest BCUT2D eigenvalue weighted by Gasteiger charge is -2.35. The number of carbonyl (C=O) groups excluding carboxylic acids is 1. The van der Waals surface area contributed by atoms with E-state index in [1.807, 2.05) is 39.0 Å². The maximum absolute atomic E-state index is 12.5. The average molecular weight is 465 g/mol. The van der Waals surface area contributed by atoms with E-state index in [2.05, 4.69) is 29.2 Å². The van der Waals surface area contributed by atoms with Gasteiger partial charge in [0.15, 0.2) is 0 Å². The van der Waals surface area contributed by atoms with Crippen molar-refractivity contribution in [2.24, 2.45) is 17.8 Å². The highest BCUT2D eigenvalue weighted by atomic mass is 16.6. The van der Waals surface area contributed by atoms with Gasteiger partial charge in [0.05, 0.1) is 18.2 Å². The minimum Gasteiger partial charge on any atom is -0.481 e. The molecule has 7 nitrogen and oxygen atoms in total. The largest absolute Gasteiger partial charge is 0.481 e. The van der Waals surface area contributed by atoms with Crippen LogP contribution in [0.3, 0.4) is 0 Å². The first-order chi connectivity index (χ1) is 16.3. The molecule has 7 heteroatoms. The molecule has 1 fully saturated rings. The van der Waals surface area contributed by atoms with Crippen molar-refractivity contribution in [2.75, 3.05) is 19.7 Å². The minimum atomic E-state index is -0.748. The lowest BCUT2D eigenvalue weighted by Crippen LogP contribution is -2.42. The average Bonchev–Trinajstić information content (AvgIpc) is 3.19. The third kappa shape index (κ3) is 5.24. The van der Waals surface area contributed by atoms with E-state index in [-0.39, 0.29) is 30.5 Å². The molecule has 180 valence electrons. The lowest BCUT2D eigenvalue weighted by molar-refractivity contribution is -0.146. The Morgan fingerprint density at radius 3 is 2.53 bits per heavy atom. The molecule has 1 amide bonds. The van der Waals surface area contributed by atoms with E-state index < -0.39 is 5.97 Å². The second-order valence-electron chi connectivity index (χ2n) is 9.38. The molecule has 3 aromatic rings. The fourth-order valence-corrected chi connectivity index (χ4v) is 4.90. The Hall–Kier alpha value is -3.35. The molecule has 1 aliphatic heterocycles. The molecule has 34 heavy (non-hydrogen) atoms. The topological polar surface area (TPSA) is 92.9 Å². The number of benzene rings is 2. The first kappa shape index (κ1) is 23.8. The number of aliphatic carboxylic acids is 1. The number of amides is 1. The molecule has 1 unspecified atom stereocenters. The van der Waals surface area contributed by atoms with Gasteiger partial charge in [0.25, 0.3) is 0 Å². The summed E-state index contributed by atoms with van der Waals surface area (Å²) in [6.07, 6.45) is 1.48. The summed E-state index contributed by atoms with van der Waals surface area (Å²) in [6.45, 7) is 7.01. The zero-order chi connectivity index (χ0) is 24.2. The molecule has 0 saturated carbocycles. The molecule has 2 heterocycles. The summed E-state index contributed by atoms with van der Waals surface area (Å²) >= 11 is 0. The fraction of sp³-hybridized carbons (Fsp3) is 0.444. The summed E-state index contributed by atoms with van der Waals surface area (Å²) in [5.41, 5.74) is 1.69. The summed E-state index contributed by atoms with van der Waals surface area (Å²) in [7, 11) is 0. The highest BCUT2D eigenvalue weighted by molar-refractivity contribution is 5.86. The molecule has 0 bridgehead atoms. The fourth-order valence-electron chi connectivity index (χ4n) is 4.90. The first-order valence-corrected chi connectivity index (χ1v) is 11.9. The van der Waals surface area contributed by atoms with Crippen LogP contribution in [0.25, 0.3) is 22.2 Å². The number of carboxylic acids is 1. The number of piperidine rings is 1. The number of oxazole rings is 1. The van der Waals surface area contributed by atoms with Crippen molar-refractivity contribution in [3.05, 3.63) is 53.9 Å². The van der Waals surface area contributed by atoms with Crippen LogP contribution >= 0.6 is 0 Å². The molecule has 0 spiro atoms. The second kappa shape index (κ2) is 10.3. The molecule has 1 atom stereocenters. The highest BCUT2D eigenvalue weighted by Crippen LogP contribution is 2.31. The number of rotatable bonds is 7. The molecule has 1 saturated heterocycles. The zero-order valence-electron chi connectivity index (χ0n) is 20.0. The number of aromatic nitrogens is 1. The van der Waals surface area contributed by atoms with E-state index >= 15 is 0 Å². The summed E-state index contributed by atoms with van der Waals surface area (Å²) < 4.78 is 11.4. The van der Waals surface area contributed by atoms with Crippen molar-refractivity contribution < 1.29 is 23.8 Å². The van der Waals surface area contributed by atoms with Crippen molar-refractivity contribution >= 4 is 22.8 Å². The van der Waals surface area contributed by atoms with Crippen LogP contribution in [-0.2, 0) is 16.0 Å². The van der Waals surface area contributed by atoms with E-state index in [1.54, 1.807) is 4.90 Å². The van der Waals surface area contributed by atoms with Crippen molar-refractivity contribution in [1.82, 2.24) is 9.88 Å². The maximum Gasteiger partial charge on any atom is 0.409 e. The van der Waals surface area contributed by atoms with Crippen molar-refractivity contribution in [1.29, 1.82) is 0 Å². The number of carboxylic acid groups (broad SMARTS) is 1. The predicted octanol–water partition coefficient (Wildman–Crippen LogP) is 5.55. The molecule has 0 radical (unpaired) electrons. The van der Waals surface area contributed by atoms with Gasteiger partial charge in [-0.25, -0.2) is 9.78 Å². The Bertz CT molecular complexity index is 1160. The van der Waals surface area contributed by atoms with Gasteiger partial charge in [0.1, 0.15) is 5.76 Å². The van der Waals surface area contributed by atoms with Gasteiger partial charge in [-0.3, -0.25) is 4.79 Å². The summed E-state index contributed by atoms with van der Waals surface area (Å²) in [6, 6.07) is 14.2. The second-order valence-corrected chi connectivity index (χ2v) is 9.38. The minimum absolute atomic E-state index is 0.0752. The third-order valence-corrected chi connectivity index (χ3v) is 6.76. The van der Waals surface area contributed by atoms with Crippen LogP contribution in [-0.4, -0.2) is 46.7 Å². The van der Waals surface area contributed by atoms with E-state index in [0.717, 1.165) is 22.0 Å². The highest BCUT2D eigenvalue weighted by Gasteiger charge is 2.34. The van der Waals surface area contributed by atoms with Gasteiger partial charge in [-0.1, -0.05) is 44.2 Å². The van der Waals surface area contributed by atoms with Gasteiger partial charge in [-0.15, -0.1) is 0 Å². The smallest absolute Gasteiger partial charge is 0.409 e. The molecular weight excluding hydrogens is 432 g/mol. The van der Waals surface area contributed by atoms with Crippen LogP contribution in [0.5, 0.6) is 0 Å². The summed E-state index contributed by atoms with van der Waals surface area (Å²) in [4.78, 5) is 30.4. The van der Waals surface area contributed by atoms with E-state index in [1.165, 1.54) is 0 Å². The van der Waals surface area contributed by atoms with Crippen LogP contribution in [0.2, 0.25) is 0 Å². The van der Waals surface area contributed by atoms with Gasteiger partial charge >= 0.3 is 12.1 Å². The van der Waals surface area contributed by atoms with E-state index in [9.17, 15) is 14.7 Å². The molecule has 2 aromatic carbocycles. The molecule has 1 aromatic heterocycles. The molecular formula is C27H32N2O5. The van der Waals surface area contributed by atoms with Crippen LogP contribution in [0.1, 0.15) is 38.1 Å². The van der Waals surface area contributed by atoms with Gasteiger partial charge in [-0.2, -0.15) is 0 Å². The van der Waals surface area contributed by atoms with Gasteiger partial charge in [0, 0.05) is 25.1 Å². The number of aryl methyl sites for hydroxylation is 1. The number of carbonyl (C=O) groups is 2. The number of fused-ring (bicyclic) bond motifs is 1. The number of nitrogens with zero attached hydrogens (tertiary/aromatic N) is 2. The SMILES string of the molecule is Cc1oc(-c2ccc3ccccc3c2)nc1CCOC(=O)N1CCC(C(C(=O)O)C(C)C)CC1. The van der Waals surface area contributed by atoms with Crippen LogP contribution in [0.4, 0.5) is 4.79 Å². The number of ether oxygens (including phenoxy) is 1. The number of likely N-dealkylation sites (tertiary alicyclic amines) is 1. The van der Waals surface area contributed by atoms with Crippen molar-refractivity contribution in [3.63, 3.8) is 0 Å². The Balaban J connectivity index is 1.29. The predicted molar refractivity (Wildman–Crippen MR) is 129 cm³/mol. The maximum atomic E-state index is 12.5. The van der Waals surface area contributed by atoms with Crippen LogP contribution < -0.4 is 0 Å². The van der Waals surface area contributed by atoms with Crippen LogP contribution in [0, 0.1) is 24.7 Å². The monoisotopic (exact) mass is 464 g/mol. The first-order valence-electron chi connectivity index (χ1n) is 11.9. The Morgan fingerprint density at radius 2 is 1.85 bits per heavy atom. The van der Waals surface area contributed by atoms with Gasteiger partial charge < -0.3 is 19.2 Å². The van der Waals surface area contributed by atoms with E-state index in [0.29, 0.717) is 44.0 Å². The Morgan fingerprint density at radius 1 is 1.15 bits per heavy atom. The summed E-state index contributed by atoms with van der Waals surface area (Å²) in [5, 5.41) is 11.8. The molecule has 1 N–H and O–H groups in total. The summed E-state index contributed by atoms with van der Waals surface area (Å²) in [5.74, 6) is 0.324. The zero-order valence-corrected chi connectivity index (χ0v) is 20.0. The number of hydrogen-bond donors (Lipinski definition) is 1.